The highest BCUT2D eigenvalue weighted by Gasteiger charge is 2.04. The smallest absolute Gasteiger partial charge is 0.308 e. The Labute approximate surface area is 175 Å². The van der Waals surface area contributed by atoms with Crippen molar-refractivity contribution in [3.05, 3.63) is 71.2 Å². The maximum Gasteiger partial charge on any atom is 0.308 e. The fourth-order valence-corrected chi connectivity index (χ4v) is 2.32. The van der Waals surface area contributed by atoms with E-state index in [9.17, 15) is 9.59 Å². The molecule has 6 heteroatoms. The van der Waals surface area contributed by atoms with Gasteiger partial charge in [-0.2, -0.15) is 0 Å². The lowest BCUT2D eigenvalue weighted by atomic mass is 10.2. The number of rotatable bonds is 6. The number of esters is 2. The van der Waals surface area contributed by atoms with E-state index < -0.39 is 11.9 Å². The second kappa shape index (κ2) is 11.1. The van der Waals surface area contributed by atoms with E-state index in [4.69, 9.17) is 18.9 Å². The van der Waals surface area contributed by atoms with Crippen molar-refractivity contribution < 1.29 is 28.5 Å². The van der Waals surface area contributed by atoms with Crippen LogP contribution in [0.25, 0.3) is 12.2 Å². The molecule has 2 aromatic rings. The summed E-state index contributed by atoms with van der Waals surface area (Å²) in [7, 11) is 3.15. The molecule has 0 saturated heterocycles. The number of benzene rings is 2. The van der Waals surface area contributed by atoms with Gasteiger partial charge in [-0.1, -0.05) is 24.3 Å². The topological polar surface area (TPSA) is 71.1 Å². The van der Waals surface area contributed by atoms with Gasteiger partial charge in [-0.05, 0) is 59.4 Å². The normalized spacial score (nSPS) is 11.1. The van der Waals surface area contributed by atoms with Gasteiger partial charge in [0.05, 0.1) is 14.2 Å². The van der Waals surface area contributed by atoms with Crippen molar-refractivity contribution >= 4 is 24.1 Å². The van der Waals surface area contributed by atoms with Crippen LogP contribution in [0, 0.1) is 11.8 Å². The summed E-state index contributed by atoms with van der Waals surface area (Å²) in [6.45, 7) is 2.56. The molecule has 0 amide bonds. The molecular weight excluding hydrogens is 384 g/mol. The van der Waals surface area contributed by atoms with Gasteiger partial charge >= 0.3 is 11.9 Å². The summed E-state index contributed by atoms with van der Waals surface area (Å²) in [5.41, 5.74) is 1.52. The van der Waals surface area contributed by atoms with Gasteiger partial charge in [0.25, 0.3) is 0 Å². The van der Waals surface area contributed by atoms with Crippen molar-refractivity contribution in [3.63, 3.8) is 0 Å². The predicted molar refractivity (Wildman–Crippen MR) is 113 cm³/mol. The van der Waals surface area contributed by atoms with E-state index in [1.165, 1.54) is 13.8 Å². The molecular formula is C24H22O6. The van der Waals surface area contributed by atoms with Crippen LogP contribution in [0.2, 0.25) is 0 Å². The van der Waals surface area contributed by atoms with Crippen LogP contribution >= 0.6 is 0 Å². The first-order valence-corrected chi connectivity index (χ1v) is 9.00. The van der Waals surface area contributed by atoms with Crippen LogP contribution in [-0.4, -0.2) is 26.2 Å². The van der Waals surface area contributed by atoms with E-state index in [0.717, 1.165) is 11.1 Å². The van der Waals surface area contributed by atoms with E-state index >= 15 is 0 Å². The molecule has 0 radical (unpaired) electrons. The summed E-state index contributed by atoms with van der Waals surface area (Å²) >= 11 is 0. The van der Waals surface area contributed by atoms with Crippen LogP contribution in [0.5, 0.6) is 11.5 Å². The van der Waals surface area contributed by atoms with Crippen molar-refractivity contribution in [1.29, 1.82) is 0 Å². The van der Waals surface area contributed by atoms with Gasteiger partial charge in [0.1, 0.15) is 11.5 Å². The summed E-state index contributed by atoms with van der Waals surface area (Å²) in [6.07, 6.45) is 3.21. The van der Waals surface area contributed by atoms with Crippen LogP contribution in [0.3, 0.4) is 0 Å². The number of methoxy groups -OCH3 is 2. The van der Waals surface area contributed by atoms with E-state index in [-0.39, 0.29) is 11.5 Å². The van der Waals surface area contributed by atoms with Crippen LogP contribution in [0.15, 0.2) is 60.0 Å². The Hall–Kier alpha value is -3.98. The minimum absolute atomic E-state index is 0.112. The van der Waals surface area contributed by atoms with Crippen LogP contribution in [-0.2, 0) is 19.1 Å². The fraction of sp³-hybridized carbons (Fsp3) is 0.167. The average Bonchev–Trinajstić information content (AvgIpc) is 2.72. The van der Waals surface area contributed by atoms with Gasteiger partial charge < -0.3 is 18.9 Å². The zero-order chi connectivity index (χ0) is 21.9. The molecule has 2 aromatic carbocycles. The monoisotopic (exact) mass is 406 g/mol. The summed E-state index contributed by atoms with van der Waals surface area (Å²) in [4.78, 5) is 22.9. The zero-order valence-electron chi connectivity index (χ0n) is 17.2. The number of allylic oxidation sites excluding steroid dienone is 2. The minimum atomic E-state index is -0.516. The van der Waals surface area contributed by atoms with Gasteiger partial charge in [0.2, 0.25) is 0 Å². The first-order chi connectivity index (χ1) is 14.4. The first-order valence-electron chi connectivity index (χ1n) is 9.00. The number of hydrogen-bond acceptors (Lipinski definition) is 6. The molecule has 2 rings (SSSR count). The predicted octanol–water partition coefficient (Wildman–Crippen LogP) is 4.22. The molecule has 0 aromatic heterocycles. The lowest BCUT2D eigenvalue weighted by Gasteiger charge is -2.03. The summed E-state index contributed by atoms with van der Waals surface area (Å²) in [6, 6.07) is 14.3. The van der Waals surface area contributed by atoms with Crippen LogP contribution in [0.1, 0.15) is 25.0 Å². The first kappa shape index (κ1) is 22.3. The Morgan fingerprint density at radius 3 is 1.27 bits per heavy atom. The number of carbonyl (C=O) groups is 2. The third-order valence-electron chi connectivity index (χ3n) is 3.64. The van der Waals surface area contributed by atoms with E-state index in [0.29, 0.717) is 11.5 Å². The maximum atomic E-state index is 11.5. The Morgan fingerprint density at radius 2 is 1.00 bits per heavy atom. The molecule has 0 unspecified atom stereocenters. The highest BCUT2D eigenvalue weighted by atomic mass is 16.5. The van der Waals surface area contributed by atoms with Crippen molar-refractivity contribution in [2.24, 2.45) is 0 Å². The SMILES string of the molecule is COc1ccc(/C=C(/C#C/C(=C\c2ccc(OC)cc2)OC(C)=O)OC(C)=O)cc1. The summed E-state index contributed by atoms with van der Waals surface area (Å²) in [5, 5.41) is 0. The Morgan fingerprint density at radius 1 is 0.667 bits per heavy atom. The Kier molecular flexibility index (Phi) is 8.27. The fourth-order valence-electron chi connectivity index (χ4n) is 2.32. The van der Waals surface area contributed by atoms with Gasteiger partial charge in [-0.3, -0.25) is 9.59 Å². The van der Waals surface area contributed by atoms with Crippen LogP contribution < -0.4 is 9.47 Å². The molecule has 0 aliphatic carbocycles. The van der Waals surface area contributed by atoms with E-state index in [1.807, 2.05) is 0 Å². The average molecular weight is 406 g/mol. The largest absolute Gasteiger partial charge is 0.497 e. The standard InChI is InChI=1S/C24H22O6/c1-17(25)29-23(15-19-5-9-21(27-3)10-6-19)13-14-24(30-18(2)26)16-20-7-11-22(28-4)12-8-20/h5-12,15-16H,1-4H3/b23-15-,24-16+. The molecule has 0 bridgehead atoms. The lowest BCUT2D eigenvalue weighted by molar-refractivity contribution is -0.137. The number of ether oxygens (including phenoxy) is 4. The molecule has 0 heterocycles. The molecule has 6 nitrogen and oxygen atoms in total. The molecule has 0 atom stereocenters. The third-order valence-corrected chi connectivity index (χ3v) is 3.64. The van der Waals surface area contributed by atoms with Crippen molar-refractivity contribution in [1.82, 2.24) is 0 Å². The minimum Gasteiger partial charge on any atom is -0.497 e. The van der Waals surface area contributed by atoms with Gasteiger partial charge in [-0.25, -0.2) is 0 Å². The van der Waals surface area contributed by atoms with Crippen molar-refractivity contribution in [2.75, 3.05) is 14.2 Å². The molecule has 0 fully saturated rings. The quantitative estimate of drug-likeness (QED) is 0.406. The highest BCUT2D eigenvalue weighted by molar-refractivity contribution is 5.73. The molecule has 0 saturated carbocycles. The molecule has 0 spiro atoms. The molecule has 0 N–H and O–H groups in total. The number of carbonyl (C=O) groups excluding carboxylic acids is 2. The number of hydrogen-bond donors (Lipinski definition) is 0. The van der Waals surface area contributed by atoms with Gasteiger partial charge in [0.15, 0.2) is 11.5 Å². The lowest BCUT2D eigenvalue weighted by Crippen LogP contribution is -1.99. The van der Waals surface area contributed by atoms with E-state index in [2.05, 4.69) is 11.8 Å². The van der Waals surface area contributed by atoms with Gasteiger partial charge in [-0.15, -0.1) is 0 Å². The zero-order valence-corrected chi connectivity index (χ0v) is 17.2. The third kappa shape index (κ3) is 7.56. The second-order valence-corrected chi connectivity index (χ2v) is 6.00. The van der Waals surface area contributed by atoms with Gasteiger partial charge in [0, 0.05) is 13.8 Å². The molecule has 0 aliphatic rings. The highest BCUT2D eigenvalue weighted by Crippen LogP contribution is 2.16. The van der Waals surface area contributed by atoms with Crippen LogP contribution in [0.4, 0.5) is 0 Å². The summed E-state index contributed by atoms with van der Waals surface area (Å²) < 4.78 is 20.6. The molecule has 30 heavy (non-hydrogen) atoms. The Balaban J connectivity index is 2.36. The van der Waals surface area contributed by atoms with Crippen molar-refractivity contribution in [3.8, 4) is 23.3 Å². The van der Waals surface area contributed by atoms with E-state index in [1.54, 1.807) is 74.9 Å². The maximum absolute atomic E-state index is 11.5. The molecule has 0 aliphatic heterocycles. The molecule has 154 valence electrons. The Bertz CT molecular complexity index is 921. The van der Waals surface area contributed by atoms with Crippen molar-refractivity contribution in [2.45, 2.75) is 13.8 Å². The second-order valence-electron chi connectivity index (χ2n) is 6.00. The summed E-state index contributed by atoms with van der Waals surface area (Å²) in [5.74, 6) is 6.08.